The first kappa shape index (κ1) is 18.9. The summed E-state index contributed by atoms with van der Waals surface area (Å²) >= 11 is 0. The van der Waals surface area contributed by atoms with Crippen LogP contribution in [0, 0.1) is 12.8 Å². The van der Waals surface area contributed by atoms with E-state index in [1.165, 1.54) is 19.3 Å². The molecule has 1 aliphatic heterocycles. The lowest BCUT2D eigenvalue weighted by molar-refractivity contribution is 0.167. The van der Waals surface area contributed by atoms with Gasteiger partial charge in [0.1, 0.15) is 0 Å². The zero-order valence-corrected chi connectivity index (χ0v) is 15.3. The fourth-order valence-electron chi connectivity index (χ4n) is 3.22. The maximum atomic E-state index is 5.45. The number of halogens is 1. The van der Waals surface area contributed by atoms with Crippen LogP contribution < -0.4 is 5.32 Å². The standard InChI is InChI=1S/C18H26N4O.ClH/c1-14-5-3-4-6-16(14)18-20-17(21-23-18)13-22-11-8-15(9-12-22)7-10-19-2;/h3-6,15,19H,7-13H2,1-2H3;1H. The minimum atomic E-state index is 0. The van der Waals surface area contributed by atoms with Crippen LogP contribution in [0.3, 0.4) is 0 Å². The zero-order chi connectivity index (χ0) is 16.1. The third-order valence-corrected chi connectivity index (χ3v) is 4.72. The molecule has 1 aliphatic rings. The predicted molar refractivity (Wildman–Crippen MR) is 98.3 cm³/mol. The molecule has 0 bridgehead atoms. The molecule has 5 nitrogen and oxygen atoms in total. The Morgan fingerprint density at radius 1 is 1.25 bits per heavy atom. The molecule has 0 atom stereocenters. The van der Waals surface area contributed by atoms with Gasteiger partial charge in [-0.2, -0.15) is 4.98 Å². The van der Waals surface area contributed by atoms with Gasteiger partial charge < -0.3 is 9.84 Å². The van der Waals surface area contributed by atoms with Crippen LogP contribution in [0.1, 0.15) is 30.7 Å². The molecule has 0 saturated carbocycles. The third kappa shape index (κ3) is 4.79. The van der Waals surface area contributed by atoms with Gasteiger partial charge in [-0.05, 0) is 70.4 Å². The van der Waals surface area contributed by atoms with Gasteiger partial charge in [0, 0.05) is 5.56 Å². The lowest BCUT2D eigenvalue weighted by Gasteiger charge is -2.31. The zero-order valence-electron chi connectivity index (χ0n) is 14.5. The lowest BCUT2D eigenvalue weighted by Crippen LogP contribution is -2.34. The molecule has 1 N–H and O–H groups in total. The Balaban J connectivity index is 0.00000208. The van der Waals surface area contributed by atoms with Crippen molar-refractivity contribution in [3.05, 3.63) is 35.7 Å². The number of nitrogens with zero attached hydrogens (tertiary/aromatic N) is 3. The second-order valence-electron chi connectivity index (χ2n) is 6.44. The molecule has 2 heterocycles. The Labute approximate surface area is 150 Å². The number of rotatable bonds is 6. The molecule has 1 saturated heterocycles. The Bertz CT molecular complexity index is 623. The summed E-state index contributed by atoms with van der Waals surface area (Å²) in [5, 5.41) is 7.40. The number of hydrogen-bond acceptors (Lipinski definition) is 5. The molecule has 0 aliphatic carbocycles. The first-order valence-electron chi connectivity index (χ1n) is 8.52. The first-order chi connectivity index (χ1) is 11.3. The number of piperidine rings is 1. The van der Waals surface area contributed by atoms with Gasteiger partial charge in [0.15, 0.2) is 5.82 Å². The average molecular weight is 351 g/mol. The molecule has 1 aromatic heterocycles. The van der Waals surface area contributed by atoms with Crippen molar-refractivity contribution in [3.8, 4) is 11.5 Å². The van der Waals surface area contributed by atoms with Crippen LogP contribution in [0.4, 0.5) is 0 Å². The highest BCUT2D eigenvalue weighted by Gasteiger charge is 2.20. The number of aryl methyl sites for hydroxylation is 1. The minimum Gasteiger partial charge on any atom is -0.334 e. The molecule has 3 rings (SSSR count). The molecule has 0 spiro atoms. The molecular formula is C18H27ClN4O. The highest BCUT2D eigenvalue weighted by atomic mass is 35.5. The molecule has 0 unspecified atom stereocenters. The van der Waals surface area contributed by atoms with E-state index < -0.39 is 0 Å². The van der Waals surface area contributed by atoms with E-state index in [4.69, 9.17) is 4.52 Å². The van der Waals surface area contributed by atoms with Crippen molar-refractivity contribution < 1.29 is 4.52 Å². The van der Waals surface area contributed by atoms with Crippen molar-refractivity contribution in [2.24, 2.45) is 5.92 Å². The fraction of sp³-hybridized carbons (Fsp3) is 0.556. The second-order valence-corrected chi connectivity index (χ2v) is 6.44. The van der Waals surface area contributed by atoms with Crippen molar-refractivity contribution in [2.45, 2.75) is 32.7 Å². The molecule has 24 heavy (non-hydrogen) atoms. The van der Waals surface area contributed by atoms with Crippen LogP contribution in [0.5, 0.6) is 0 Å². The average Bonchev–Trinajstić information content (AvgIpc) is 3.03. The molecule has 132 valence electrons. The maximum absolute atomic E-state index is 5.45. The summed E-state index contributed by atoms with van der Waals surface area (Å²) in [7, 11) is 2.03. The van der Waals surface area contributed by atoms with Crippen LogP contribution >= 0.6 is 12.4 Å². The van der Waals surface area contributed by atoms with E-state index >= 15 is 0 Å². The van der Waals surface area contributed by atoms with Crippen LogP contribution in [0.25, 0.3) is 11.5 Å². The highest BCUT2D eigenvalue weighted by molar-refractivity contribution is 5.85. The van der Waals surface area contributed by atoms with Crippen LogP contribution in [0.2, 0.25) is 0 Å². The van der Waals surface area contributed by atoms with Gasteiger partial charge >= 0.3 is 0 Å². The summed E-state index contributed by atoms with van der Waals surface area (Å²) in [6.07, 6.45) is 3.82. The molecule has 0 amide bonds. The summed E-state index contributed by atoms with van der Waals surface area (Å²) in [6, 6.07) is 8.12. The van der Waals surface area contributed by atoms with E-state index in [1.54, 1.807) is 0 Å². The second kappa shape index (κ2) is 9.16. The quantitative estimate of drug-likeness (QED) is 0.866. The van der Waals surface area contributed by atoms with Gasteiger partial charge in [0.2, 0.25) is 0 Å². The van der Waals surface area contributed by atoms with Gasteiger partial charge in [-0.25, -0.2) is 0 Å². The van der Waals surface area contributed by atoms with Gasteiger partial charge in [-0.3, -0.25) is 4.90 Å². The number of nitrogens with one attached hydrogen (secondary N) is 1. The van der Waals surface area contributed by atoms with Crippen molar-refractivity contribution >= 4 is 12.4 Å². The van der Waals surface area contributed by atoms with E-state index in [1.807, 2.05) is 25.2 Å². The minimum absolute atomic E-state index is 0. The van der Waals surface area contributed by atoms with E-state index in [-0.39, 0.29) is 12.4 Å². The summed E-state index contributed by atoms with van der Waals surface area (Å²) in [5.74, 6) is 2.27. The Morgan fingerprint density at radius 3 is 2.71 bits per heavy atom. The SMILES string of the molecule is CNCCC1CCN(Cc2noc(-c3ccccc3C)n2)CC1.Cl. The third-order valence-electron chi connectivity index (χ3n) is 4.72. The van der Waals surface area contributed by atoms with Crippen LogP contribution in [-0.4, -0.2) is 41.7 Å². The van der Waals surface area contributed by atoms with E-state index in [9.17, 15) is 0 Å². The summed E-state index contributed by atoms with van der Waals surface area (Å²) < 4.78 is 5.45. The molecule has 1 fully saturated rings. The van der Waals surface area contributed by atoms with Crippen LogP contribution in [0.15, 0.2) is 28.8 Å². The largest absolute Gasteiger partial charge is 0.334 e. The van der Waals surface area contributed by atoms with Gasteiger partial charge in [0.25, 0.3) is 5.89 Å². The highest BCUT2D eigenvalue weighted by Crippen LogP contribution is 2.23. The number of hydrogen-bond donors (Lipinski definition) is 1. The van der Waals surface area contributed by atoms with Crippen molar-refractivity contribution in [2.75, 3.05) is 26.7 Å². The molecule has 0 radical (unpaired) electrons. The van der Waals surface area contributed by atoms with Gasteiger partial charge in [-0.15, -0.1) is 12.4 Å². The normalized spacial score (nSPS) is 16.1. The molecule has 6 heteroatoms. The van der Waals surface area contributed by atoms with E-state index in [2.05, 4.69) is 33.3 Å². The summed E-state index contributed by atoms with van der Waals surface area (Å²) in [5.41, 5.74) is 2.19. The smallest absolute Gasteiger partial charge is 0.258 e. The summed E-state index contributed by atoms with van der Waals surface area (Å²) in [4.78, 5) is 7.01. The van der Waals surface area contributed by atoms with Crippen molar-refractivity contribution in [1.82, 2.24) is 20.4 Å². The molecule has 2 aromatic rings. The maximum Gasteiger partial charge on any atom is 0.258 e. The van der Waals surface area contributed by atoms with Crippen molar-refractivity contribution in [1.29, 1.82) is 0 Å². The van der Waals surface area contributed by atoms with Gasteiger partial charge in [0.05, 0.1) is 6.54 Å². The number of aromatic nitrogens is 2. The Morgan fingerprint density at radius 2 is 2.00 bits per heavy atom. The monoisotopic (exact) mass is 350 g/mol. The topological polar surface area (TPSA) is 54.2 Å². The fourth-order valence-corrected chi connectivity index (χ4v) is 3.22. The molecular weight excluding hydrogens is 324 g/mol. The first-order valence-corrected chi connectivity index (χ1v) is 8.52. The Kier molecular flexibility index (Phi) is 7.21. The lowest BCUT2D eigenvalue weighted by atomic mass is 9.93. The predicted octanol–water partition coefficient (Wildman–Crippen LogP) is 3.29. The van der Waals surface area contributed by atoms with Crippen molar-refractivity contribution in [3.63, 3.8) is 0 Å². The Hall–Kier alpha value is -1.43. The summed E-state index contributed by atoms with van der Waals surface area (Å²) in [6.45, 7) is 6.23. The number of likely N-dealkylation sites (tertiary alicyclic amines) is 1. The van der Waals surface area contributed by atoms with Crippen LogP contribution in [-0.2, 0) is 6.54 Å². The number of benzene rings is 1. The van der Waals surface area contributed by atoms with E-state index in [0.717, 1.165) is 49.0 Å². The van der Waals surface area contributed by atoms with E-state index in [0.29, 0.717) is 5.89 Å². The van der Waals surface area contributed by atoms with Gasteiger partial charge in [-0.1, -0.05) is 23.4 Å². The molecule has 1 aromatic carbocycles.